The highest BCUT2D eigenvalue weighted by Crippen LogP contribution is 2.22. The third-order valence-corrected chi connectivity index (χ3v) is 3.01. The molecule has 1 unspecified atom stereocenters. The van der Waals surface area contributed by atoms with Gasteiger partial charge in [0.05, 0.1) is 12.1 Å². The number of aliphatic carboxylic acids is 2. The number of aryl methyl sites for hydroxylation is 2. The molecule has 0 saturated carbocycles. The lowest BCUT2D eigenvalue weighted by molar-refractivity contribution is -0.144. The van der Waals surface area contributed by atoms with E-state index in [0.29, 0.717) is 5.13 Å². The van der Waals surface area contributed by atoms with Crippen LogP contribution in [0.25, 0.3) is 0 Å². The molecule has 0 aromatic carbocycles. The Morgan fingerprint density at radius 1 is 1.44 bits per heavy atom. The van der Waals surface area contributed by atoms with E-state index in [0.717, 1.165) is 10.6 Å². The number of thiazole rings is 1. The first kappa shape index (κ1) is 12.4. The number of hydrogen-bond donors (Lipinski definition) is 3. The molecule has 1 atom stereocenters. The van der Waals surface area contributed by atoms with Crippen LogP contribution in [-0.2, 0) is 9.59 Å². The van der Waals surface area contributed by atoms with E-state index in [4.69, 9.17) is 10.2 Å². The number of nitrogens with zero attached hydrogens (tertiary/aromatic N) is 1. The first-order chi connectivity index (χ1) is 7.40. The fourth-order valence-electron chi connectivity index (χ4n) is 1.06. The molecular weight excluding hydrogens is 232 g/mol. The Morgan fingerprint density at radius 3 is 2.44 bits per heavy atom. The van der Waals surface area contributed by atoms with Crippen LogP contribution in [0.5, 0.6) is 0 Å². The largest absolute Gasteiger partial charge is 0.481 e. The summed E-state index contributed by atoms with van der Waals surface area (Å²) < 4.78 is 0. The SMILES string of the molecule is Cc1nc(NC(CC(=O)O)C(=O)O)sc1C. The number of carboxylic acid groups (broad SMARTS) is 2. The van der Waals surface area contributed by atoms with Gasteiger partial charge in [0.25, 0.3) is 0 Å². The van der Waals surface area contributed by atoms with Crippen molar-refractivity contribution in [2.45, 2.75) is 26.3 Å². The van der Waals surface area contributed by atoms with Crippen molar-refractivity contribution < 1.29 is 19.8 Å². The van der Waals surface area contributed by atoms with Crippen molar-refractivity contribution in [3.05, 3.63) is 10.6 Å². The normalized spacial score (nSPS) is 12.1. The monoisotopic (exact) mass is 244 g/mol. The fraction of sp³-hybridized carbons (Fsp3) is 0.444. The van der Waals surface area contributed by atoms with Crippen molar-refractivity contribution >= 4 is 28.4 Å². The van der Waals surface area contributed by atoms with Crippen LogP contribution in [0.15, 0.2) is 0 Å². The number of nitrogens with one attached hydrogen (secondary N) is 1. The van der Waals surface area contributed by atoms with Crippen molar-refractivity contribution in [3.63, 3.8) is 0 Å². The standard InChI is InChI=1S/C9H12N2O4S/c1-4-5(2)16-9(10-4)11-6(8(14)15)3-7(12)13/h6H,3H2,1-2H3,(H,10,11)(H,12,13)(H,14,15). The van der Waals surface area contributed by atoms with Crippen LogP contribution in [0.1, 0.15) is 17.0 Å². The zero-order chi connectivity index (χ0) is 12.3. The third kappa shape index (κ3) is 3.20. The van der Waals surface area contributed by atoms with Gasteiger partial charge in [-0.25, -0.2) is 9.78 Å². The fourth-order valence-corrected chi connectivity index (χ4v) is 1.93. The topological polar surface area (TPSA) is 99.5 Å². The van der Waals surface area contributed by atoms with Gasteiger partial charge in [0, 0.05) is 4.88 Å². The summed E-state index contributed by atoms with van der Waals surface area (Å²) in [6, 6.07) is -1.15. The maximum atomic E-state index is 10.8. The summed E-state index contributed by atoms with van der Waals surface area (Å²) in [6.45, 7) is 3.68. The van der Waals surface area contributed by atoms with Gasteiger partial charge >= 0.3 is 11.9 Å². The van der Waals surface area contributed by atoms with Gasteiger partial charge in [0.15, 0.2) is 5.13 Å². The molecule has 0 bridgehead atoms. The van der Waals surface area contributed by atoms with Gasteiger partial charge < -0.3 is 15.5 Å². The summed E-state index contributed by atoms with van der Waals surface area (Å²) in [4.78, 5) is 26.3. The van der Waals surface area contributed by atoms with E-state index in [1.807, 2.05) is 13.8 Å². The smallest absolute Gasteiger partial charge is 0.326 e. The molecule has 1 heterocycles. The molecule has 0 aliphatic heterocycles. The van der Waals surface area contributed by atoms with E-state index < -0.39 is 24.4 Å². The molecule has 0 saturated heterocycles. The molecule has 88 valence electrons. The number of aromatic nitrogens is 1. The first-order valence-corrected chi connectivity index (χ1v) is 5.37. The average molecular weight is 244 g/mol. The Kier molecular flexibility index (Phi) is 3.83. The highest BCUT2D eigenvalue weighted by atomic mass is 32.1. The second kappa shape index (κ2) is 4.93. The highest BCUT2D eigenvalue weighted by Gasteiger charge is 2.22. The van der Waals surface area contributed by atoms with Crippen LogP contribution in [0.3, 0.4) is 0 Å². The van der Waals surface area contributed by atoms with E-state index >= 15 is 0 Å². The van der Waals surface area contributed by atoms with Gasteiger partial charge in [0.2, 0.25) is 0 Å². The van der Waals surface area contributed by atoms with Crippen LogP contribution < -0.4 is 5.32 Å². The maximum Gasteiger partial charge on any atom is 0.326 e. The first-order valence-electron chi connectivity index (χ1n) is 4.55. The molecule has 16 heavy (non-hydrogen) atoms. The third-order valence-electron chi connectivity index (χ3n) is 2.00. The quantitative estimate of drug-likeness (QED) is 0.717. The molecule has 1 aromatic heterocycles. The predicted octanol–water partition coefficient (Wildman–Crippen LogP) is 1.10. The molecule has 0 fully saturated rings. The van der Waals surface area contributed by atoms with Crippen LogP contribution in [0, 0.1) is 13.8 Å². The number of rotatable bonds is 5. The van der Waals surface area contributed by atoms with Crippen molar-refractivity contribution in [2.24, 2.45) is 0 Å². The van der Waals surface area contributed by atoms with Crippen molar-refractivity contribution in [2.75, 3.05) is 5.32 Å². The number of hydrogen-bond acceptors (Lipinski definition) is 5. The van der Waals surface area contributed by atoms with Crippen molar-refractivity contribution in [3.8, 4) is 0 Å². The molecule has 0 spiro atoms. The van der Waals surface area contributed by atoms with Gasteiger partial charge in [-0.2, -0.15) is 0 Å². The van der Waals surface area contributed by atoms with E-state index in [1.54, 1.807) is 0 Å². The Morgan fingerprint density at radius 2 is 2.06 bits per heavy atom. The molecule has 1 aromatic rings. The average Bonchev–Trinajstić information content (AvgIpc) is 2.44. The Balaban J connectivity index is 2.75. The number of anilines is 1. The zero-order valence-electron chi connectivity index (χ0n) is 8.85. The molecule has 0 radical (unpaired) electrons. The Hall–Kier alpha value is -1.63. The van der Waals surface area contributed by atoms with Crippen LogP contribution in [-0.4, -0.2) is 33.2 Å². The summed E-state index contributed by atoms with van der Waals surface area (Å²) in [5.74, 6) is -2.36. The predicted molar refractivity (Wildman–Crippen MR) is 58.9 cm³/mol. The summed E-state index contributed by atoms with van der Waals surface area (Å²) in [5.41, 5.74) is 0.812. The van der Waals surface area contributed by atoms with Crippen molar-refractivity contribution in [1.82, 2.24) is 4.98 Å². The number of carbonyl (C=O) groups is 2. The summed E-state index contributed by atoms with van der Waals surface area (Å²) in [7, 11) is 0. The summed E-state index contributed by atoms with van der Waals surface area (Å²) >= 11 is 1.31. The van der Waals surface area contributed by atoms with E-state index in [9.17, 15) is 9.59 Å². The molecule has 0 aliphatic carbocycles. The maximum absolute atomic E-state index is 10.8. The molecule has 3 N–H and O–H groups in total. The Bertz CT molecular complexity index is 396. The van der Waals surface area contributed by atoms with Gasteiger partial charge in [-0.3, -0.25) is 4.79 Å². The lowest BCUT2D eigenvalue weighted by Gasteiger charge is -2.10. The molecule has 0 amide bonds. The molecular formula is C9H12N2O4S. The van der Waals surface area contributed by atoms with Gasteiger partial charge in [0.1, 0.15) is 6.04 Å². The minimum atomic E-state index is -1.20. The Labute approximate surface area is 95.9 Å². The lowest BCUT2D eigenvalue weighted by atomic mass is 10.2. The van der Waals surface area contributed by atoms with Crippen molar-refractivity contribution in [1.29, 1.82) is 0 Å². The zero-order valence-corrected chi connectivity index (χ0v) is 9.67. The number of carboxylic acids is 2. The lowest BCUT2D eigenvalue weighted by Crippen LogP contribution is -2.31. The summed E-state index contributed by atoms with van der Waals surface area (Å²) in [6.07, 6.45) is -0.479. The van der Waals surface area contributed by atoms with Crippen LogP contribution >= 0.6 is 11.3 Å². The van der Waals surface area contributed by atoms with Crippen LogP contribution in [0.2, 0.25) is 0 Å². The van der Waals surface area contributed by atoms with Gasteiger partial charge in [-0.15, -0.1) is 11.3 Å². The van der Waals surface area contributed by atoms with E-state index in [-0.39, 0.29) is 0 Å². The molecule has 0 aliphatic rings. The molecule has 7 heteroatoms. The van der Waals surface area contributed by atoms with E-state index in [1.165, 1.54) is 11.3 Å². The minimum Gasteiger partial charge on any atom is -0.481 e. The second-order valence-electron chi connectivity index (χ2n) is 3.29. The van der Waals surface area contributed by atoms with Gasteiger partial charge in [-0.1, -0.05) is 0 Å². The molecule has 6 nitrogen and oxygen atoms in total. The van der Waals surface area contributed by atoms with E-state index in [2.05, 4.69) is 10.3 Å². The van der Waals surface area contributed by atoms with Gasteiger partial charge in [-0.05, 0) is 13.8 Å². The second-order valence-corrected chi connectivity index (χ2v) is 4.50. The summed E-state index contributed by atoms with van der Waals surface area (Å²) in [5, 5.41) is 20.4. The minimum absolute atomic E-state index is 0.434. The highest BCUT2D eigenvalue weighted by molar-refractivity contribution is 7.15. The molecule has 1 rings (SSSR count). The van der Waals surface area contributed by atoms with Crippen LogP contribution in [0.4, 0.5) is 5.13 Å².